The number of benzene rings is 1. The number of morpholine rings is 1. The van der Waals surface area contributed by atoms with E-state index < -0.39 is 0 Å². The number of nitrogens with zero attached hydrogens (tertiary/aromatic N) is 1. The van der Waals surface area contributed by atoms with E-state index in [2.05, 4.69) is 18.7 Å². The molecule has 1 aliphatic heterocycles. The molecule has 1 fully saturated rings. The number of carbonyl (C=O) groups excluding carboxylic acids is 1. The Kier molecular flexibility index (Phi) is 4.97. The summed E-state index contributed by atoms with van der Waals surface area (Å²) in [4.78, 5) is 14.6. The van der Waals surface area contributed by atoms with Crippen LogP contribution < -0.4 is 0 Å². The Morgan fingerprint density at radius 3 is 2.89 bits per heavy atom. The first kappa shape index (κ1) is 14.5. The first-order valence-electron chi connectivity index (χ1n) is 6.69. The van der Waals surface area contributed by atoms with E-state index in [9.17, 15) is 4.79 Å². The van der Waals surface area contributed by atoms with Crippen LogP contribution >= 0.6 is 11.6 Å². The van der Waals surface area contributed by atoms with Crippen molar-refractivity contribution in [2.24, 2.45) is 0 Å². The lowest BCUT2D eigenvalue weighted by molar-refractivity contribution is -0.136. The van der Waals surface area contributed by atoms with Gasteiger partial charge in [0.25, 0.3) is 0 Å². The SMILES string of the molecule is CC(C)N1CCOC(C(=O)Cc2ccccc2Cl)C1. The van der Waals surface area contributed by atoms with Gasteiger partial charge in [0.1, 0.15) is 6.10 Å². The van der Waals surface area contributed by atoms with Crippen LogP contribution in [0, 0.1) is 0 Å². The third-order valence-electron chi connectivity index (χ3n) is 3.51. The van der Waals surface area contributed by atoms with Gasteiger partial charge in [-0.1, -0.05) is 29.8 Å². The maximum atomic E-state index is 12.3. The molecule has 1 heterocycles. The first-order valence-corrected chi connectivity index (χ1v) is 7.07. The summed E-state index contributed by atoms with van der Waals surface area (Å²) in [5, 5.41) is 0.646. The fourth-order valence-electron chi connectivity index (χ4n) is 2.28. The normalized spacial score (nSPS) is 20.7. The Morgan fingerprint density at radius 1 is 1.47 bits per heavy atom. The van der Waals surface area contributed by atoms with Crippen molar-refractivity contribution >= 4 is 17.4 Å². The standard InChI is InChI=1S/C15H20ClNO2/c1-11(2)17-7-8-19-15(10-17)14(18)9-12-5-3-4-6-13(12)16/h3-6,11,15H,7-10H2,1-2H3. The van der Waals surface area contributed by atoms with Crippen LogP contribution in [0.5, 0.6) is 0 Å². The highest BCUT2D eigenvalue weighted by Gasteiger charge is 2.27. The Balaban J connectivity index is 1.98. The molecule has 3 nitrogen and oxygen atoms in total. The highest BCUT2D eigenvalue weighted by molar-refractivity contribution is 6.31. The molecule has 4 heteroatoms. The zero-order valence-corrected chi connectivity index (χ0v) is 12.2. The van der Waals surface area contributed by atoms with Crippen LogP contribution in [0.3, 0.4) is 0 Å². The van der Waals surface area contributed by atoms with Crippen molar-refractivity contribution in [1.82, 2.24) is 4.90 Å². The smallest absolute Gasteiger partial charge is 0.167 e. The number of ether oxygens (including phenoxy) is 1. The zero-order chi connectivity index (χ0) is 13.8. The van der Waals surface area contributed by atoms with Crippen LogP contribution in [0.4, 0.5) is 0 Å². The topological polar surface area (TPSA) is 29.5 Å². The Hall–Kier alpha value is -0.900. The summed E-state index contributed by atoms with van der Waals surface area (Å²) in [5.74, 6) is 0.110. The van der Waals surface area contributed by atoms with Crippen molar-refractivity contribution in [2.45, 2.75) is 32.4 Å². The molecule has 0 aromatic heterocycles. The lowest BCUT2D eigenvalue weighted by Gasteiger charge is -2.34. The summed E-state index contributed by atoms with van der Waals surface area (Å²) < 4.78 is 5.60. The second-order valence-electron chi connectivity index (χ2n) is 5.18. The fraction of sp³-hybridized carbons (Fsp3) is 0.533. The van der Waals surface area contributed by atoms with E-state index in [1.54, 1.807) is 0 Å². The number of hydrogen-bond acceptors (Lipinski definition) is 3. The van der Waals surface area contributed by atoms with Crippen LogP contribution in [-0.4, -0.2) is 42.5 Å². The Bertz CT molecular complexity index is 448. The Labute approximate surface area is 119 Å². The molecule has 1 unspecified atom stereocenters. The van der Waals surface area contributed by atoms with Gasteiger partial charge in [0.15, 0.2) is 5.78 Å². The van der Waals surface area contributed by atoms with Crippen LogP contribution in [0.1, 0.15) is 19.4 Å². The molecule has 0 bridgehead atoms. The maximum Gasteiger partial charge on any atom is 0.167 e. The number of hydrogen-bond donors (Lipinski definition) is 0. The molecule has 0 aliphatic carbocycles. The zero-order valence-electron chi connectivity index (χ0n) is 11.4. The second kappa shape index (κ2) is 6.51. The molecule has 104 valence electrons. The van der Waals surface area contributed by atoms with E-state index in [1.807, 2.05) is 24.3 Å². The minimum atomic E-state index is -0.326. The molecular formula is C15H20ClNO2. The number of halogens is 1. The van der Waals surface area contributed by atoms with Crippen LogP contribution in [0.15, 0.2) is 24.3 Å². The number of Topliss-reactive ketones (excluding diaryl/α,β-unsaturated/α-hetero) is 1. The lowest BCUT2D eigenvalue weighted by atomic mass is 10.0. The van der Waals surface area contributed by atoms with Gasteiger partial charge in [-0.25, -0.2) is 0 Å². The second-order valence-corrected chi connectivity index (χ2v) is 5.59. The van der Waals surface area contributed by atoms with Gasteiger partial charge in [-0.05, 0) is 25.5 Å². The summed E-state index contributed by atoms with van der Waals surface area (Å²) in [6.07, 6.45) is 0.0171. The molecule has 1 aliphatic rings. The van der Waals surface area contributed by atoms with Gasteiger partial charge in [0, 0.05) is 30.6 Å². The molecule has 1 aromatic rings. The van der Waals surface area contributed by atoms with Gasteiger partial charge in [0.2, 0.25) is 0 Å². The van der Waals surface area contributed by atoms with Gasteiger partial charge >= 0.3 is 0 Å². The van der Waals surface area contributed by atoms with E-state index >= 15 is 0 Å². The molecule has 1 saturated heterocycles. The van der Waals surface area contributed by atoms with Crippen molar-refractivity contribution in [1.29, 1.82) is 0 Å². The van der Waals surface area contributed by atoms with Crippen LogP contribution in [0.25, 0.3) is 0 Å². The molecule has 0 radical (unpaired) electrons. The van der Waals surface area contributed by atoms with Crippen molar-refractivity contribution in [3.05, 3.63) is 34.9 Å². The molecule has 1 atom stereocenters. The van der Waals surface area contributed by atoms with E-state index in [0.29, 0.717) is 30.6 Å². The molecule has 1 aromatic carbocycles. The average molecular weight is 282 g/mol. The summed E-state index contributed by atoms with van der Waals surface area (Å²) in [7, 11) is 0. The summed E-state index contributed by atoms with van der Waals surface area (Å²) in [6.45, 7) is 6.48. The molecule has 0 amide bonds. The average Bonchev–Trinajstić information content (AvgIpc) is 2.41. The lowest BCUT2D eigenvalue weighted by Crippen LogP contribution is -2.49. The summed E-state index contributed by atoms with van der Waals surface area (Å²) >= 11 is 6.08. The molecular weight excluding hydrogens is 262 g/mol. The number of rotatable bonds is 4. The molecule has 0 N–H and O–H groups in total. The van der Waals surface area contributed by atoms with E-state index in [1.165, 1.54) is 0 Å². The highest BCUT2D eigenvalue weighted by atomic mass is 35.5. The van der Waals surface area contributed by atoms with E-state index in [0.717, 1.165) is 12.1 Å². The summed E-state index contributed by atoms with van der Waals surface area (Å²) in [6, 6.07) is 7.92. The predicted octanol–water partition coefficient (Wildman–Crippen LogP) is 2.56. The number of carbonyl (C=O) groups is 1. The highest BCUT2D eigenvalue weighted by Crippen LogP contribution is 2.18. The van der Waals surface area contributed by atoms with Gasteiger partial charge in [-0.15, -0.1) is 0 Å². The van der Waals surface area contributed by atoms with E-state index in [4.69, 9.17) is 16.3 Å². The third-order valence-corrected chi connectivity index (χ3v) is 3.88. The largest absolute Gasteiger partial charge is 0.368 e. The molecule has 0 saturated carbocycles. The van der Waals surface area contributed by atoms with Gasteiger partial charge in [-0.3, -0.25) is 9.69 Å². The van der Waals surface area contributed by atoms with Gasteiger partial charge in [-0.2, -0.15) is 0 Å². The van der Waals surface area contributed by atoms with Gasteiger partial charge in [0.05, 0.1) is 6.61 Å². The minimum absolute atomic E-state index is 0.110. The Morgan fingerprint density at radius 2 is 2.21 bits per heavy atom. The number of ketones is 1. The van der Waals surface area contributed by atoms with E-state index in [-0.39, 0.29) is 11.9 Å². The van der Waals surface area contributed by atoms with Gasteiger partial charge < -0.3 is 4.74 Å². The van der Waals surface area contributed by atoms with Crippen molar-refractivity contribution in [2.75, 3.05) is 19.7 Å². The monoisotopic (exact) mass is 281 g/mol. The third kappa shape index (κ3) is 3.78. The predicted molar refractivity (Wildman–Crippen MR) is 76.6 cm³/mol. The maximum absolute atomic E-state index is 12.3. The van der Waals surface area contributed by atoms with Crippen molar-refractivity contribution in [3.8, 4) is 0 Å². The van der Waals surface area contributed by atoms with Crippen molar-refractivity contribution in [3.63, 3.8) is 0 Å². The molecule has 19 heavy (non-hydrogen) atoms. The minimum Gasteiger partial charge on any atom is -0.368 e. The molecule has 2 rings (SSSR count). The summed E-state index contributed by atoms with van der Waals surface area (Å²) in [5.41, 5.74) is 0.874. The van der Waals surface area contributed by atoms with Crippen LogP contribution in [0.2, 0.25) is 5.02 Å². The fourth-order valence-corrected chi connectivity index (χ4v) is 2.48. The van der Waals surface area contributed by atoms with Crippen molar-refractivity contribution < 1.29 is 9.53 Å². The first-order chi connectivity index (χ1) is 9.08. The quantitative estimate of drug-likeness (QED) is 0.849. The molecule has 0 spiro atoms. The van der Waals surface area contributed by atoms with Crippen LogP contribution in [-0.2, 0) is 16.0 Å².